The topological polar surface area (TPSA) is 104 Å². The summed E-state index contributed by atoms with van der Waals surface area (Å²) in [5, 5.41) is 7.67. The third kappa shape index (κ3) is 4.19. The highest BCUT2D eigenvalue weighted by atomic mass is 16.6. The van der Waals surface area contributed by atoms with Crippen LogP contribution in [0.4, 0.5) is 5.82 Å². The molecule has 24 heavy (non-hydrogen) atoms. The molecule has 0 aliphatic heterocycles. The van der Waals surface area contributed by atoms with E-state index in [1.54, 1.807) is 0 Å². The van der Waals surface area contributed by atoms with Crippen molar-refractivity contribution >= 4 is 17.7 Å². The van der Waals surface area contributed by atoms with Crippen LogP contribution in [0.5, 0.6) is 11.6 Å². The molecule has 0 saturated carbocycles. The van der Waals surface area contributed by atoms with E-state index in [0.717, 1.165) is 17.7 Å². The number of hydrogen-bond acceptors (Lipinski definition) is 8. The van der Waals surface area contributed by atoms with Crippen molar-refractivity contribution in [3.8, 4) is 11.6 Å². The lowest BCUT2D eigenvalue weighted by atomic mass is 10.1. The van der Waals surface area contributed by atoms with Crippen molar-refractivity contribution in [1.29, 1.82) is 0 Å². The molecule has 1 aromatic carbocycles. The van der Waals surface area contributed by atoms with E-state index in [-0.39, 0.29) is 11.7 Å². The number of anilines is 1. The smallest absolute Gasteiger partial charge is 0.233 e. The summed E-state index contributed by atoms with van der Waals surface area (Å²) in [5.74, 6) is 1.13. The molecule has 8 heteroatoms. The zero-order valence-corrected chi connectivity index (χ0v) is 13.8. The Morgan fingerprint density at radius 3 is 2.54 bits per heavy atom. The second-order valence-corrected chi connectivity index (χ2v) is 4.60. The van der Waals surface area contributed by atoms with Gasteiger partial charge in [0, 0.05) is 0 Å². The monoisotopic (exact) mass is 329 g/mol. The van der Waals surface area contributed by atoms with Crippen LogP contribution in [0.1, 0.15) is 24.5 Å². The van der Waals surface area contributed by atoms with Gasteiger partial charge >= 0.3 is 0 Å². The lowest BCUT2D eigenvalue weighted by molar-refractivity contribution is 0.213. The van der Waals surface area contributed by atoms with Crippen LogP contribution >= 0.6 is 0 Å². The standard InChI is InChI=1S/C16H19N5O3/c1-4-14(21-23-3)11-5-7-12(8-6-11)24-16-13(9-20-22-2)15(17)18-10-19-16/h5-10H,4H2,1-3H3,(H2,17,18,19)/b20-9?,21-14-. The molecule has 2 N–H and O–H groups in total. The van der Waals surface area contributed by atoms with E-state index in [2.05, 4.69) is 25.1 Å². The van der Waals surface area contributed by atoms with Crippen molar-refractivity contribution < 1.29 is 14.4 Å². The molecule has 8 nitrogen and oxygen atoms in total. The molecule has 2 rings (SSSR count). The predicted octanol–water partition coefficient (Wildman–Crippen LogP) is 2.59. The Bertz CT molecular complexity index is 729. The fourth-order valence-electron chi connectivity index (χ4n) is 1.96. The Labute approximate surface area is 139 Å². The van der Waals surface area contributed by atoms with Crippen molar-refractivity contribution in [2.45, 2.75) is 13.3 Å². The summed E-state index contributed by atoms with van der Waals surface area (Å²) in [6.45, 7) is 2.01. The van der Waals surface area contributed by atoms with Crippen molar-refractivity contribution in [2.75, 3.05) is 20.0 Å². The molecule has 0 aliphatic carbocycles. The first-order valence-corrected chi connectivity index (χ1v) is 7.24. The van der Waals surface area contributed by atoms with Gasteiger partial charge in [0.25, 0.3) is 0 Å². The second-order valence-electron chi connectivity index (χ2n) is 4.60. The summed E-state index contributed by atoms with van der Waals surface area (Å²) >= 11 is 0. The quantitative estimate of drug-likeness (QED) is 0.618. The fraction of sp³-hybridized carbons (Fsp3) is 0.250. The normalized spacial score (nSPS) is 11.5. The summed E-state index contributed by atoms with van der Waals surface area (Å²) in [7, 11) is 2.96. The largest absolute Gasteiger partial charge is 0.438 e. The summed E-state index contributed by atoms with van der Waals surface area (Å²) in [6, 6.07) is 7.41. The Balaban J connectivity index is 2.25. The van der Waals surface area contributed by atoms with Gasteiger partial charge in [-0.15, -0.1) is 0 Å². The van der Waals surface area contributed by atoms with Gasteiger partial charge in [-0.05, 0) is 36.2 Å². The molecule has 1 heterocycles. The van der Waals surface area contributed by atoms with Crippen molar-refractivity contribution in [3.05, 3.63) is 41.7 Å². The number of aromatic nitrogens is 2. The molecule has 126 valence electrons. The van der Waals surface area contributed by atoms with E-state index in [1.165, 1.54) is 26.8 Å². The molecule has 0 radical (unpaired) electrons. The summed E-state index contributed by atoms with van der Waals surface area (Å²) in [5.41, 5.74) is 8.07. The van der Waals surface area contributed by atoms with E-state index < -0.39 is 0 Å². The lowest BCUT2D eigenvalue weighted by Gasteiger charge is -2.09. The molecule has 0 fully saturated rings. The van der Waals surface area contributed by atoms with Gasteiger partial charge in [-0.3, -0.25) is 0 Å². The summed E-state index contributed by atoms with van der Waals surface area (Å²) < 4.78 is 5.77. The van der Waals surface area contributed by atoms with Crippen LogP contribution in [0.15, 0.2) is 40.9 Å². The maximum absolute atomic E-state index is 5.82. The van der Waals surface area contributed by atoms with Gasteiger partial charge in [0.15, 0.2) is 0 Å². The minimum atomic E-state index is 0.248. The summed E-state index contributed by atoms with van der Waals surface area (Å²) in [4.78, 5) is 17.5. The lowest BCUT2D eigenvalue weighted by Crippen LogP contribution is -2.03. The third-order valence-corrected chi connectivity index (χ3v) is 3.10. The number of benzene rings is 1. The molecule has 2 aromatic rings. The number of rotatable bonds is 7. The molecular weight excluding hydrogens is 310 g/mol. The zero-order valence-electron chi connectivity index (χ0n) is 13.8. The molecule has 0 unspecified atom stereocenters. The first kappa shape index (κ1) is 17.2. The van der Waals surface area contributed by atoms with Crippen LogP contribution in [-0.2, 0) is 9.68 Å². The van der Waals surface area contributed by atoms with Crippen molar-refractivity contribution in [3.63, 3.8) is 0 Å². The van der Waals surface area contributed by atoms with Crippen LogP contribution in [0.2, 0.25) is 0 Å². The van der Waals surface area contributed by atoms with E-state index in [4.69, 9.17) is 15.3 Å². The van der Waals surface area contributed by atoms with Crippen molar-refractivity contribution in [2.24, 2.45) is 10.3 Å². The minimum absolute atomic E-state index is 0.248. The molecule has 0 bridgehead atoms. The number of oxime groups is 2. The molecule has 0 aliphatic rings. The van der Waals surface area contributed by atoms with Crippen LogP contribution in [0.3, 0.4) is 0 Å². The van der Waals surface area contributed by atoms with E-state index in [1.807, 2.05) is 31.2 Å². The molecule has 0 spiro atoms. The first-order chi connectivity index (χ1) is 11.7. The van der Waals surface area contributed by atoms with Gasteiger partial charge < -0.3 is 20.1 Å². The maximum atomic E-state index is 5.82. The highest BCUT2D eigenvalue weighted by Crippen LogP contribution is 2.25. The Morgan fingerprint density at radius 2 is 1.92 bits per heavy atom. The van der Waals surface area contributed by atoms with Crippen LogP contribution in [0, 0.1) is 0 Å². The summed E-state index contributed by atoms with van der Waals surface area (Å²) in [6.07, 6.45) is 3.48. The average molecular weight is 329 g/mol. The molecule has 0 amide bonds. The Hall–Kier alpha value is -3.16. The molecule has 0 saturated heterocycles. The van der Waals surface area contributed by atoms with Gasteiger partial charge in [0.05, 0.1) is 11.9 Å². The number of hydrogen-bond donors (Lipinski definition) is 1. The van der Waals surface area contributed by atoms with E-state index in [9.17, 15) is 0 Å². The van der Waals surface area contributed by atoms with Crippen LogP contribution < -0.4 is 10.5 Å². The van der Waals surface area contributed by atoms with E-state index >= 15 is 0 Å². The molecule has 1 aromatic heterocycles. The minimum Gasteiger partial charge on any atom is -0.438 e. The highest BCUT2D eigenvalue weighted by Gasteiger charge is 2.10. The van der Waals surface area contributed by atoms with Gasteiger partial charge in [-0.25, -0.2) is 9.97 Å². The van der Waals surface area contributed by atoms with Gasteiger partial charge in [-0.2, -0.15) is 0 Å². The first-order valence-electron chi connectivity index (χ1n) is 7.24. The molecular formula is C16H19N5O3. The number of ether oxygens (including phenoxy) is 1. The van der Waals surface area contributed by atoms with E-state index in [0.29, 0.717) is 11.3 Å². The SMILES string of the molecule is CC/C(=N/OC)c1ccc(Oc2ncnc(N)c2C=NOC)cc1. The van der Waals surface area contributed by atoms with Gasteiger partial charge in [0.2, 0.25) is 5.88 Å². The second kappa shape index (κ2) is 8.47. The third-order valence-electron chi connectivity index (χ3n) is 3.10. The number of nitrogen functional groups attached to an aromatic ring is 1. The van der Waals surface area contributed by atoms with Gasteiger partial charge in [0.1, 0.15) is 37.7 Å². The predicted molar refractivity (Wildman–Crippen MR) is 91.4 cm³/mol. The number of nitrogens with two attached hydrogens (primary N) is 1. The fourth-order valence-corrected chi connectivity index (χ4v) is 1.96. The van der Waals surface area contributed by atoms with Crippen LogP contribution in [0.25, 0.3) is 0 Å². The zero-order chi connectivity index (χ0) is 17.4. The van der Waals surface area contributed by atoms with Crippen molar-refractivity contribution in [1.82, 2.24) is 9.97 Å². The molecule has 0 atom stereocenters. The van der Waals surface area contributed by atoms with Crippen LogP contribution in [-0.4, -0.2) is 36.1 Å². The number of nitrogens with zero attached hydrogens (tertiary/aromatic N) is 4. The highest BCUT2D eigenvalue weighted by molar-refractivity contribution is 6.00. The maximum Gasteiger partial charge on any atom is 0.233 e. The Morgan fingerprint density at radius 1 is 1.17 bits per heavy atom. The average Bonchev–Trinajstić information content (AvgIpc) is 2.60. The Kier molecular flexibility index (Phi) is 6.07. The van der Waals surface area contributed by atoms with Gasteiger partial charge in [-0.1, -0.05) is 17.2 Å².